The van der Waals surface area contributed by atoms with Crippen LogP contribution in [0.25, 0.3) is 0 Å². The summed E-state index contributed by atoms with van der Waals surface area (Å²) in [5, 5.41) is 3.14. The van der Waals surface area contributed by atoms with Crippen LogP contribution in [0.5, 0.6) is 0 Å². The zero-order chi connectivity index (χ0) is 12.1. The van der Waals surface area contributed by atoms with E-state index >= 15 is 0 Å². The van der Waals surface area contributed by atoms with Crippen LogP contribution in [0.2, 0.25) is 0 Å². The highest BCUT2D eigenvalue weighted by atomic mass is 16.5. The van der Waals surface area contributed by atoms with Crippen LogP contribution >= 0.6 is 0 Å². The first kappa shape index (κ1) is 13.5. The number of rotatable bonds is 4. The van der Waals surface area contributed by atoms with Crippen LogP contribution in [-0.2, 0) is 9.53 Å². The van der Waals surface area contributed by atoms with Crippen molar-refractivity contribution in [2.24, 2.45) is 11.8 Å². The summed E-state index contributed by atoms with van der Waals surface area (Å²) in [5.41, 5.74) is 0. The highest BCUT2D eigenvalue weighted by Gasteiger charge is 2.29. The molecular formula is C13H25NO2. The predicted molar refractivity (Wildman–Crippen MR) is 65.2 cm³/mol. The molecule has 16 heavy (non-hydrogen) atoms. The third-order valence-electron chi connectivity index (χ3n) is 3.73. The van der Waals surface area contributed by atoms with Crippen LogP contribution in [0.1, 0.15) is 46.5 Å². The zero-order valence-corrected chi connectivity index (χ0v) is 11.0. The van der Waals surface area contributed by atoms with E-state index in [9.17, 15) is 4.79 Å². The summed E-state index contributed by atoms with van der Waals surface area (Å²) >= 11 is 0. The molecule has 0 spiro atoms. The van der Waals surface area contributed by atoms with Gasteiger partial charge in [-0.3, -0.25) is 4.79 Å². The average molecular weight is 227 g/mol. The molecule has 1 fully saturated rings. The van der Waals surface area contributed by atoms with Crippen LogP contribution in [0.4, 0.5) is 0 Å². The third kappa shape index (κ3) is 3.48. The van der Waals surface area contributed by atoms with Gasteiger partial charge in [0.2, 0.25) is 5.91 Å². The lowest BCUT2D eigenvalue weighted by Gasteiger charge is -2.35. The Bertz CT molecular complexity index is 228. The Hall–Kier alpha value is -0.570. The number of carbonyl (C=O) groups excluding carboxylic acids is 1. The van der Waals surface area contributed by atoms with Gasteiger partial charge in [-0.2, -0.15) is 0 Å². The van der Waals surface area contributed by atoms with Gasteiger partial charge in [-0.05, 0) is 31.6 Å². The van der Waals surface area contributed by atoms with E-state index in [0.717, 1.165) is 6.42 Å². The number of amides is 1. The first-order chi connectivity index (χ1) is 7.56. The number of carbonyl (C=O) groups is 1. The molecule has 94 valence electrons. The number of nitrogens with one attached hydrogen (secondary N) is 1. The van der Waals surface area contributed by atoms with Crippen molar-refractivity contribution < 1.29 is 9.53 Å². The molecule has 0 heterocycles. The molecule has 0 bridgehead atoms. The van der Waals surface area contributed by atoms with Gasteiger partial charge in [0.1, 0.15) is 6.10 Å². The molecule has 0 aromatic heterocycles. The van der Waals surface area contributed by atoms with Crippen LogP contribution in [0.3, 0.4) is 0 Å². The molecule has 3 nitrogen and oxygen atoms in total. The maximum absolute atomic E-state index is 11.8. The SMILES string of the molecule is COC(C)C(=O)NC1CCCCC1C(C)C. The lowest BCUT2D eigenvalue weighted by Crippen LogP contribution is -2.47. The van der Waals surface area contributed by atoms with E-state index < -0.39 is 0 Å². The molecular weight excluding hydrogens is 202 g/mol. The second-order valence-electron chi connectivity index (χ2n) is 5.19. The minimum Gasteiger partial charge on any atom is -0.372 e. The number of hydrogen-bond acceptors (Lipinski definition) is 2. The maximum atomic E-state index is 11.8. The van der Waals surface area contributed by atoms with Crippen LogP contribution in [0.15, 0.2) is 0 Å². The van der Waals surface area contributed by atoms with Gasteiger partial charge in [-0.25, -0.2) is 0 Å². The van der Waals surface area contributed by atoms with E-state index in [1.54, 1.807) is 14.0 Å². The highest BCUT2D eigenvalue weighted by molar-refractivity contribution is 5.80. The van der Waals surface area contributed by atoms with E-state index in [2.05, 4.69) is 19.2 Å². The standard InChI is InChI=1S/C13H25NO2/c1-9(2)11-7-5-6-8-12(11)14-13(15)10(3)16-4/h9-12H,5-8H2,1-4H3,(H,14,15). The summed E-state index contributed by atoms with van der Waals surface area (Å²) in [6, 6.07) is 0.346. The fourth-order valence-electron chi connectivity index (χ4n) is 2.54. The van der Waals surface area contributed by atoms with Gasteiger partial charge in [-0.1, -0.05) is 26.7 Å². The fourth-order valence-corrected chi connectivity index (χ4v) is 2.54. The Morgan fingerprint density at radius 3 is 2.44 bits per heavy atom. The summed E-state index contributed by atoms with van der Waals surface area (Å²) in [6.07, 6.45) is 4.55. The van der Waals surface area contributed by atoms with E-state index in [0.29, 0.717) is 17.9 Å². The summed E-state index contributed by atoms with van der Waals surface area (Å²) < 4.78 is 5.04. The molecule has 3 heteroatoms. The molecule has 1 aliphatic carbocycles. The fraction of sp³-hybridized carbons (Fsp3) is 0.923. The summed E-state index contributed by atoms with van der Waals surface area (Å²) in [7, 11) is 1.57. The monoisotopic (exact) mass is 227 g/mol. The topological polar surface area (TPSA) is 38.3 Å². The minimum atomic E-state index is -0.338. The van der Waals surface area contributed by atoms with Crippen molar-refractivity contribution in [2.45, 2.75) is 58.6 Å². The van der Waals surface area contributed by atoms with Crippen LogP contribution in [-0.4, -0.2) is 25.2 Å². The molecule has 1 amide bonds. The van der Waals surface area contributed by atoms with Gasteiger partial charge in [0.15, 0.2) is 0 Å². The predicted octanol–water partition coefficient (Wildman–Crippen LogP) is 2.35. The van der Waals surface area contributed by atoms with Gasteiger partial charge in [0, 0.05) is 13.2 Å². The normalized spacial score (nSPS) is 27.8. The van der Waals surface area contributed by atoms with Crippen molar-refractivity contribution in [3.63, 3.8) is 0 Å². The van der Waals surface area contributed by atoms with Crippen LogP contribution in [0, 0.1) is 11.8 Å². The minimum absolute atomic E-state index is 0.0278. The van der Waals surface area contributed by atoms with Crippen molar-refractivity contribution in [1.82, 2.24) is 5.32 Å². The van der Waals surface area contributed by atoms with Gasteiger partial charge in [-0.15, -0.1) is 0 Å². The number of hydrogen-bond donors (Lipinski definition) is 1. The smallest absolute Gasteiger partial charge is 0.249 e. The Morgan fingerprint density at radius 1 is 1.25 bits per heavy atom. The summed E-state index contributed by atoms with van der Waals surface area (Å²) in [4.78, 5) is 11.8. The molecule has 1 saturated carbocycles. The van der Waals surface area contributed by atoms with E-state index in [4.69, 9.17) is 4.74 Å². The second-order valence-corrected chi connectivity index (χ2v) is 5.19. The van der Waals surface area contributed by atoms with E-state index in [1.807, 2.05) is 0 Å². The second kappa shape index (κ2) is 6.24. The molecule has 0 saturated heterocycles. The average Bonchev–Trinajstić information content (AvgIpc) is 2.28. The molecule has 1 aliphatic rings. The molecule has 0 aliphatic heterocycles. The van der Waals surface area contributed by atoms with E-state index in [1.165, 1.54) is 19.3 Å². The Morgan fingerprint density at radius 2 is 1.88 bits per heavy atom. The van der Waals surface area contributed by atoms with Crippen molar-refractivity contribution in [3.05, 3.63) is 0 Å². The Kier molecular flexibility index (Phi) is 5.26. The molecule has 3 atom stereocenters. The lowest BCUT2D eigenvalue weighted by atomic mass is 9.78. The third-order valence-corrected chi connectivity index (χ3v) is 3.73. The Labute approximate surface area is 98.9 Å². The first-order valence-corrected chi connectivity index (χ1v) is 6.39. The molecule has 1 N–H and O–H groups in total. The quantitative estimate of drug-likeness (QED) is 0.800. The number of methoxy groups -OCH3 is 1. The highest BCUT2D eigenvalue weighted by Crippen LogP contribution is 2.30. The molecule has 0 aromatic carbocycles. The van der Waals surface area contributed by atoms with Gasteiger partial charge >= 0.3 is 0 Å². The summed E-state index contributed by atoms with van der Waals surface area (Å²) in [6.45, 7) is 6.28. The first-order valence-electron chi connectivity index (χ1n) is 6.39. The van der Waals surface area contributed by atoms with E-state index in [-0.39, 0.29) is 12.0 Å². The molecule has 0 aromatic rings. The molecule has 0 radical (unpaired) electrons. The van der Waals surface area contributed by atoms with Crippen molar-refractivity contribution in [1.29, 1.82) is 0 Å². The van der Waals surface area contributed by atoms with Crippen LogP contribution < -0.4 is 5.32 Å². The maximum Gasteiger partial charge on any atom is 0.249 e. The van der Waals surface area contributed by atoms with Crippen molar-refractivity contribution >= 4 is 5.91 Å². The van der Waals surface area contributed by atoms with Crippen molar-refractivity contribution in [2.75, 3.05) is 7.11 Å². The summed E-state index contributed by atoms with van der Waals surface area (Å²) in [5.74, 6) is 1.30. The van der Waals surface area contributed by atoms with Gasteiger partial charge in [0.05, 0.1) is 0 Å². The molecule has 3 unspecified atom stereocenters. The van der Waals surface area contributed by atoms with Crippen molar-refractivity contribution in [3.8, 4) is 0 Å². The van der Waals surface area contributed by atoms with Gasteiger partial charge < -0.3 is 10.1 Å². The van der Waals surface area contributed by atoms with Gasteiger partial charge in [0.25, 0.3) is 0 Å². The molecule has 1 rings (SSSR count). The Balaban J connectivity index is 2.52. The lowest BCUT2D eigenvalue weighted by molar-refractivity contribution is -0.131. The number of ether oxygens (including phenoxy) is 1. The largest absolute Gasteiger partial charge is 0.372 e. The zero-order valence-electron chi connectivity index (χ0n) is 11.0.